The number of hydrogen-bond donors (Lipinski definition) is 1. The van der Waals surface area contributed by atoms with Gasteiger partial charge in [0.15, 0.2) is 0 Å². The van der Waals surface area contributed by atoms with Gasteiger partial charge in [0.1, 0.15) is 11.6 Å². The molecule has 0 aliphatic carbocycles. The van der Waals surface area contributed by atoms with Gasteiger partial charge >= 0.3 is 0 Å². The van der Waals surface area contributed by atoms with Crippen LogP contribution in [0.4, 0.5) is 5.69 Å². The summed E-state index contributed by atoms with van der Waals surface area (Å²) >= 11 is 0. The lowest BCUT2D eigenvalue weighted by atomic mass is 10.3. The molecule has 0 saturated heterocycles. The average Bonchev–Trinajstić information content (AvgIpc) is 2.86. The second-order valence-corrected chi connectivity index (χ2v) is 5.34. The van der Waals surface area contributed by atoms with Gasteiger partial charge in [0.25, 0.3) is 0 Å². The zero-order valence-electron chi connectivity index (χ0n) is 12.8. The fourth-order valence-corrected chi connectivity index (χ4v) is 2.64. The highest BCUT2D eigenvalue weighted by Gasteiger charge is 2.10. The van der Waals surface area contributed by atoms with Crippen molar-refractivity contribution >= 4 is 16.7 Å². The highest BCUT2D eigenvalue weighted by Crippen LogP contribution is 2.20. The van der Waals surface area contributed by atoms with E-state index in [2.05, 4.69) is 17.6 Å². The number of ether oxygens (including phenoxy) is 1. The second-order valence-electron chi connectivity index (χ2n) is 5.34. The lowest BCUT2D eigenvalue weighted by Gasteiger charge is -2.09. The molecular formula is C18H21N3O. The summed E-state index contributed by atoms with van der Waals surface area (Å²) in [4.78, 5) is 4.73. The molecule has 0 unspecified atom stereocenters. The number of nitrogens with two attached hydrogens (primary N) is 1. The molecule has 3 aromatic rings. The number of anilines is 1. The highest BCUT2D eigenvalue weighted by atomic mass is 16.5. The lowest BCUT2D eigenvalue weighted by Crippen LogP contribution is -2.09. The summed E-state index contributed by atoms with van der Waals surface area (Å²) in [5.74, 6) is 1.95. The number of fused-ring (bicyclic) bond motifs is 1. The third kappa shape index (κ3) is 3.06. The molecule has 1 aromatic heterocycles. The molecule has 3 rings (SSSR count). The zero-order chi connectivity index (χ0) is 15.4. The Balaban J connectivity index is 1.78. The first kappa shape index (κ1) is 14.4. The summed E-state index contributed by atoms with van der Waals surface area (Å²) in [5.41, 5.74) is 8.72. The summed E-state index contributed by atoms with van der Waals surface area (Å²) in [5, 5.41) is 0. The summed E-state index contributed by atoms with van der Waals surface area (Å²) in [6.45, 7) is 3.75. The standard InChI is InChI=1S/C18H21N3O/c1-2-11-21-17-9-8-14(19)13-16(17)20-18(21)10-12-22-15-6-4-3-5-7-15/h3-9,13H,2,10-12,19H2,1H3. The van der Waals surface area contributed by atoms with Gasteiger partial charge in [0.2, 0.25) is 0 Å². The number of nitrogens with zero attached hydrogens (tertiary/aromatic N) is 2. The van der Waals surface area contributed by atoms with E-state index in [9.17, 15) is 0 Å². The molecule has 2 aromatic carbocycles. The van der Waals surface area contributed by atoms with Gasteiger partial charge in [-0.05, 0) is 36.8 Å². The van der Waals surface area contributed by atoms with Gasteiger partial charge in [-0.3, -0.25) is 0 Å². The Morgan fingerprint density at radius 3 is 2.73 bits per heavy atom. The van der Waals surface area contributed by atoms with Gasteiger partial charge in [-0.2, -0.15) is 0 Å². The first-order chi connectivity index (χ1) is 10.8. The van der Waals surface area contributed by atoms with E-state index in [0.29, 0.717) is 6.61 Å². The van der Waals surface area contributed by atoms with Crippen molar-refractivity contribution in [3.63, 3.8) is 0 Å². The van der Waals surface area contributed by atoms with Crippen LogP contribution in [0.5, 0.6) is 5.75 Å². The van der Waals surface area contributed by atoms with E-state index in [1.54, 1.807) is 0 Å². The number of nitrogen functional groups attached to an aromatic ring is 1. The van der Waals surface area contributed by atoms with Crippen LogP contribution in [-0.4, -0.2) is 16.2 Å². The molecule has 22 heavy (non-hydrogen) atoms. The molecule has 0 fully saturated rings. The van der Waals surface area contributed by atoms with Gasteiger partial charge < -0.3 is 15.0 Å². The minimum absolute atomic E-state index is 0.618. The van der Waals surface area contributed by atoms with Crippen LogP contribution in [0.3, 0.4) is 0 Å². The number of aryl methyl sites for hydroxylation is 1. The third-order valence-corrected chi connectivity index (χ3v) is 3.64. The van der Waals surface area contributed by atoms with Crippen LogP contribution in [0.25, 0.3) is 11.0 Å². The lowest BCUT2D eigenvalue weighted by molar-refractivity contribution is 0.317. The molecule has 2 N–H and O–H groups in total. The Labute approximate surface area is 130 Å². The second kappa shape index (κ2) is 6.52. The average molecular weight is 295 g/mol. The zero-order valence-corrected chi connectivity index (χ0v) is 12.8. The van der Waals surface area contributed by atoms with Crippen LogP contribution in [0.1, 0.15) is 19.2 Å². The van der Waals surface area contributed by atoms with E-state index in [4.69, 9.17) is 15.5 Å². The van der Waals surface area contributed by atoms with E-state index in [1.807, 2.05) is 42.5 Å². The molecule has 0 spiro atoms. The first-order valence-corrected chi connectivity index (χ1v) is 7.70. The van der Waals surface area contributed by atoms with Gasteiger partial charge in [0, 0.05) is 18.7 Å². The van der Waals surface area contributed by atoms with E-state index in [0.717, 1.165) is 47.7 Å². The number of hydrogen-bond acceptors (Lipinski definition) is 3. The molecule has 0 atom stereocenters. The quantitative estimate of drug-likeness (QED) is 0.706. The van der Waals surface area contributed by atoms with Crippen molar-refractivity contribution in [1.29, 1.82) is 0 Å². The van der Waals surface area contributed by atoms with Crippen molar-refractivity contribution in [3.05, 3.63) is 54.4 Å². The molecule has 0 amide bonds. The van der Waals surface area contributed by atoms with Crippen molar-refractivity contribution in [3.8, 4) is 5.75 Å². The highest BCUT2D eigenvalue weighted by molar-refractivity contribution is 5.79. The summed E-state index contributed by atoms with van der Waals surface area (Å²) in [6.07, 6.45) is 1.85. The topological polar surface area (TPSA) is 53.1 Å². The first-order valence-electron chi connectivity index (χ1n) is 7.70. The van der Waals surface area contributed by atoms with Crippen LogP contribution >= 0.6 is 0 Å². The SMILES string of the molecule is CCCn1c(CCOc2ccccc2)nc2cc(N)ccc21. The normalized spacial score (nSPS) is 11.0. The Morgan fingerprint density at radius 2 is 1.95 bits per heavy atom. The molecule has 0 aliphatic heterocycles. The number of rotatable bonds is 6. The third-order valence-electron chi connectivity index (χ3n) is 3.64. The summed E-state index contributed by atoms with van der Waals surface area (Å²) < 4.78 is 8.05. The number of aromatic nitrogens is 2. The largest absolute Gasteiger partial charge is 0.493 e. The van der Waals surface area contributed by atoms with Crippen LogP contribution < -0.4 is 10.5 Å². The minimum Gasteiger partial charge on any atom is -0.493 e. The van der Waals surface area contributed by atoms with Crippen LogP contribution in [-0.2, 0) is 13.0 Å². The summed E-state index contributed by atoms with van der Waals surface area (Å²) in [7, 11) is 0. The summed E-state index contributed by atoms with van der Waals surface area (Å²) in [6, 6.07) is 15.8. The fraction of sp³-hybridized carbons (Fsp3) is 0.278. The van der Waals surface area contributed by atoms with Crippen molar-refractivity contribution in [2.75, 3.05) is 12.3 Å². The number of para-hydroxylation sites is 1. The van der Waals surface area contributed by atoms with Crippen molar-refractivity contribution in [2.45, 2.75) is 26.3 Å². The molecule has 0 bridgehead atoms. The smallest absolute Gasteiger partial charge is 0.119 e. The maximum atomic E-state index is 5.86. The molecular weight excluding hydrogens is 274 g/mol. The Hall–Kier alpha value is -2.49. The van der Waals surface area contributed by atoms with Gasteiger partial charge in [-0.25, -0.2) is 4.98 Å². The molecule has 114 valence electrons. The van der Waals surface area contributed by atoms with Crippen molar-refractivity contribution < 1.29 is 4.74 Å². The molecule has 0 aliphatic rings. The monoisotopic (exact) mass is 295 g/mol. The number of benzene rings is 2. The van der Waals surface area contributed by atoms with Crippen molar-refractivity contribution in [2.24, 2.45) is 0 Å². The fourth-order valence-electron chi connectivity index (χ4n) is 2.64. The predicted molar refractivity (Wildman–Crippen MR) is 90.1 cm³/mol. The van der Waals surface area contributed by atoms with Crippen molar-refractivity contribution in [1.82, 2.24) is 9.55 Å². The van der Waals surface area contributed by atoms with E-state index in [-0.39, 0.29) is 0 Å². The van der Waals surface area contributed by atoms with E-state index < -0.39 is 0 Å². The van der Waals surface area contributed by atoms with E-state index >= 15 is 0 Å². The molecule has 0 saturated carbocycles. The van der Waals surface area contributed by atoms with Crippen LogP contribution in [0, 0.1) is 0 Å². The minimum atomic E-state index is 0.618. The predicted octanol–water partition coefficient (Wildman–Crippen LogP) is 3.65. The van der Waals surface area contributed by atoms with Crippen LogP contribution in [0.2, 0.25) is 0 Å². The molecule has 4 nitrogen and oxygen atoms in total. The molecule has 0 radical (unpaired) electrons. The maximum absolute atomic E-state index is 5.86. The van der Waals surface area contributed by atoms with Crippen LogP contribution in [0.15, 0.2) is 48.5 Å². The molecule has 1 heterocycles. The number of imidazole rings is 1. The van der Waals surface area contributed by atoms with E-state index in [1.165, 1.54) is 0 Å². The Bertz CT molecular complexity index is 750. The van der Waals surface area contributed by atoms with Gasteiger partial charge in [-0.15, -0.1) is 0 Å². The molecule has 4 heteroatoms. The Morgan fingerprint density at radius 1 is 1.14 bits per heavy atom. The van der Waals surface area contributed by atoms with Gasteiger partial charge in [0.05, 0.1) is 17.6 Å². The van der Waals surface area contributed by atoms with Gasteiger partial charge in [-0.1, -0.05) is 25.1 Å². The maximum Gasteiger partial charge on any atom is 0.119 e. The Kier molecular flexibility index (Phi) is 4.28.